The molecule has 3 fully saturated rings. The molecule has 3 aliphatic rings. The Morgan fingerprint density at radius 3 is 2.33 bits per heavy atom. The summed E-state index contributed by atoms with van der Waals surface area (Å²) in [4.78, 5) is 0. The maximum absolute atomic E-state index is 2.52. The van der Waals surface area contributed by atoms with Crippen LogP contribution in [0.4, 0.5) is 0 Å². The third-order valence-corrected chi connectivity index (χ3v) is 4.74. The zero-order valence-electron chi connectivity index (χ0n) is 8.56. The van der Waals surface area contributed by atoms with Crippen molar-refractivity contribution in [2.45, 2.75) is 46.5 Å². The molecule has 2 bridgehead atoms. The molecule has 3 saturated carbocycles. The summed E-state index contributed by atoms with van der Waals surface area (Å²) in [5, 5.41) is 0. The Morgan fingerprint density at radius 2 is 2.00 bits per heavy atom. The predicted octanol–water partition coefficient (Wildman–Crippen LogP) is 3.47. The summed E-state index contributed by atoms with van der Waals surface area (Å²) >= 11 is 0. The van der Waals surface area contributed by atoms with Gasteiger partial charge in [0.15, 0.2) is 0 Å². The van der Waals surface area contributed by atoms with Crippen LogP contribution in [-0.2, 0) is 0 Å². The van der Waals surface area contributed by atoms with Gasteiger partial charge >= 0.3 is 0 Å². The second kappa shape index (κ2) is 3.66. The van der Waals surface area contributed by atoms with Crippen LogP contribution >= 0.6 is 0 Å². The van der Waals surface area contributed by atoms with Crippen molar-refractivity contribution in [2.75, 3.05) is 0 Å². The molecule has 0 nitrogen and oxygen atoms in total. The van der Waals surface area contributed by atoms with Crippen molar-refractivity contribution in [3.8, 4) is 0 Å². The van der Waals surface area contributed by atoms with E-state index < -0.39 is 0 Å². The van der Waals surface area contributed by atoms with Gasteiger partial charge in [0.05, 0.1) is 0 Å². The minimum absolute atomic E-state index is 0. The van der Waals surface area contributed by atoms with Crippen LogP contribution in [0.1, 0.15) is 46.5 Å². The molecule has 3 aliphatic carbocycles. The maximum Gasteiger partial charge on any atom is 0 e. The van der Waals surface area contributed by atoms with E-state index in [1.165, 1.54) is 19.3 Å². The second-order valence-corrected chi connectivity index (χ2v) is 4.95. The van der Waals surface area contributed by atoms with Crippen molar-refractivity contribution in [2.24, 2.45) is 23.2 Å². The van der Waals surface area contributed by atoms with Gasteiger partial charge in [0.1, 0.15) is 0 Å². The van der Waals surface area contributed by atoms with Crippen LogP contribution in [0.15, 0.2) is 0 Å². The molecule has 0 spiro atoms. The summed E-state index contributed by atoms with van der Waals surface area (Å²) in [7, 11) is 0. The van der Waals surface area contributed by atoms with E-state index in [1.807, 2.05) is 0 Å². The molecule has 68 valence electrons. The van der Waals surface area contributed by atoms with Gasteiger partial charge in [-0.2, -0.15) is 0 Å². The van der Waals surface area contributed by atoms with Gasteiger partial charge in [-0.3, -0.25) is 0 Å². The van der Waals surface area contributed by atoms with Gasteiger partial charge in [0.25, 0.3) is 0 Å². The first kappa shape index (κ1) is 11.1. The summed E-state index contributed by atoms with van der Waals surface area (Å²) in [5.74, 6) is 3.19. The fourth-order valence-electron chi connectivity index (χ4n) is 3.53. The van der Waals surface area contributed by atoms with Crippen LogP contribution in [0.25, 0.3) is 0 Å². The maximum atomic E-state index is 2.52. The summed E-state index contributed by atoms with van der Waals surface area (Å²) in [6.45, 7) is 7.34. The Bertz CT molecular complexity index is 164. The summed E-state index contributed by atoms with van der Waals surface area (Å²) in [6.07, 6.45) is 5.98. The minimum atomic E-state index is 0. The average molecular weight is 390 g/mol. The Balaban J connectivity index is 0.000000720. The van der Waals surface area contributed by atoms with Crippen molar-refractivity contribution in [1.29, 1.82) is 0 Å². The zero-order valence-corrected chi connectivity index (χ0v) is 12.7. The van der Waals surface area contributed by atoms with Crippen molar-refractivity contribution < 1.29 is 31.1 Å². The number of fused-ring (bicyclic) bond motifs is 2. The molecule has 1 unspecified atom stereocenters. The van der Waals surface area contributed by atoms with Gasteiger partial charge in [0, 0.05) is 31.1 Å². The molecule has 0 aromatic carbocycles. The van der Waals surface area contributed by atoms with E-state index >= 15 is 0 Å². The van der Waals surface area contributed by atoms with Crippen LogP contribution in [0.3, 0.4) is 0 Å². The van der Waals surface area contributed by atoms with Crippen LogP contribution in [-0.4, -0.2) is 0 Å². The summed E-state index contributed by atoms with van der Waals surface area (Å²) in [5.41, 5.74) is 0.748. The number of hydrogen-bond acceptors (Lipinski definition) is 0. The molecule has 0 aliphatic heterocycles. The smallest absolute Gasteiger partial charge is 0 e. The monoisotopic (exact) mass is 390 g/mol. The molecule has 0 amide bonds. The third-order valence-electron chi connectivity index (χ3n) is 4.74. The second-order valence-electron chi connectivity index (χ2n) is 4.95. The van der Waals surface area contributed by atoms with E-state index in [9.17, 15) is 0 Å². The van der Waals surface area contributed by atoms with E-state index in [4.69, 9.17) is 0 Å². The van der Waals surface area contributed by atoms with Crippen LogP contribution < -0.4 is 0 Å². The fourth-order valence-corrected chi connectivity index (χ4v) is 3.53. The molecule has 0 heterocycles. The Labute approximate surface area is 100 Å². The first-order chi connectivity index (χ1) is 5.18. The van der Waals surface area contributed by atoms with E-state index in [0.717, 1.165) is 23.2 Å². The Morgan fingerprint density at radius 1 is 1.33 bits per heavy atom. The zero-order chi connectivity index (χ0) is 8.06. The molecule has 3 rings (SSSR count). The topological polar surface area (TPSA) is 0 Å². The predicted molar refractivity (Wildman–Crippen MR) is 48.4 cm³/mol. The summed E-state index contributed by atoms with van der Waals surface area (Å²) in [6, 6.07) is 0. The number of hydrogen-bond donors (Lipinski definition) is 0. The SMILES string of the molecule is CCC1(C)[C@@H]2CC[C@@H](C)[C@H]1C2.[U]. The first-order valence-corrected chi connectivity index (χ1v) is 5.18. The molecule has 12 heavy (non-hydrogen) atoms. The molecule has 4 atom stereocenters. The first-order valence-electron chi connectivity index (χ1n) is 5.18. The van der Waals surface area contributed by atoms with E-state index in [-0.39, 0.29) is 31.1 Å². The quantitative estimate of drug-likeness (QED) is 0.643. The van der Waals surface area contributed by atoms with Crippen LogP contribution in [0.2, 0.25) is 0 Å². The van der Waals surface area contributed by atoms with Gasteiger partial charge < -0.3 is 0 Å². The molecule has 0 radical (unpaired) electrons. The van der Waals surface area contributed by atoms with Crippen molar-refractivity contribution in [3.63, 3.8) is 0 Å². The molecule has 0 saturated heterocycles. The van der Waals surface area contributed by atoms with Crippen molar-refractivity contribution in [1.82, 2.24) is 0 Å². The van der Waals surface area contributed by atoms with Gasteiger partial charge in [-0.1, -0.05) is 33.6 Å². The van der Waals surface area contributed by atoms with Gasteiger partial charge in [-0.05, 0) is 36.0 Å². The molecule has 0 aromatic heterocycles. The van der Waals surface area contributed by atoms with Gasteiger partial charge in [-0.25, -0.2) is 0 Å². The molecular formula is C11H20U. The average Bonchev–Trinajstić information content (AvgIpc) is 2.02. The van der Waals surface area contributed by atoms with Crippen molar-refractivity contribution in [3.05, 3.63) is 0 Å². The molecule has 0 N–H and O–H groups in total. The van der Waals surface area contributed by atoms with Crippen molar-refractivity contribution >= 4 is 0 Å². The van der Waals surface area contributed by atoms with Gasteiger partial charge in [0.2, 0.25) is 0 Å². The van der Waals surface area contributed by atoms with Gasteiger partial charge in [-0.15, -0.1) is 0 Å². The normalized spacial score (nSPS) is 50.8. The van der Waals surface area contributed by atoms with E-state index in [1.54, 1.807) is 6.42 Å². The summed E-state index contributed by atoms with van der Waals surface area (Å²) < 4.78 is 0. The third kappa shape index (κ3) is 1.32. The molecule has 1 heteroatoms. The molecule has 0 aromatic rings. The van der Waals surface area contributed by atoms with Crippen LogP contribution in [0.5, 0.6) is 0 Å². The number of rotatable bonds is 1. The van der Waals surface area contributed by atoms with E-state index in [0.29, 0.717) is 0 Å². The minimum Gasteiger partial charge on any atom is -0.0648 e. The fraction of sp³-hybridized carbons (Fsp3) is 1.00. The molecular weight excluding hydrogens is 370 g/mol. The Hall–Kier alpha value is 1.05. The standard InChI is InChI=1S/C11H20.U/c1-4-11(3)9-6-5-8(2)10(11)7-9;/h8-10H,4-7H2,1-3H3;/t8-,9-,10-,11?;/m1./s1. The largest absolute Gasteiger partial charge is 0.0648 e. The van der Waals surface area contributed by atoms with Crippen LogP contribution in [0, 0.1) is 54.3 Å². The Kier molecular flexibility index (Phi) is 3.40. The van der Waals surface area contributed by atoms with E-state index in [2.05, 4.69) is 20.8 Å².